The highest BCUT2D eigenvalue weighted by Gasteiger charge is 1.91. The molecule has 3 heteroatoms. The summed E-state index contributed by atoms with van der Waals surface area (Å²) in [4.78, 5) is 4.97. The van der Waals surface area contributed by atoms with Gasteiger partial charge in [-0.3, -0.25) is 0 Å². The van der Waals surface area contributed by atoms with E-state index >= 15 is 0 Å². The highest BCUT2D eigenvalue weighted by molar-refractivity contribution is 7.16. The van der Waals surface area contributed by atoms with Crippen molar-refractivity contribution in [1.82, 2.24) is 4.98 Å². The van der Waals surface area contributed by atoms with Gasteiger partial charge in [0.25, 0.3) is 0 Å². The van der Waals surface area contributed by atoms with Crippen molar-refractivity contribution in [2.75, 3.05) is 0 Å². The fraction of sp³-hybridized carbons (Fsp3) is 0.167. The molecule has 1 rings (SSSR count). The van der Waals surface area contributed by atoms with Crippen molar-refractivity contribution < 1.29 is 0 Å². The number of aromatic nitrogens is 1. The number of rotatable bonds is 1. The third-order valence-corrected chi connectivity index (χ3v) is 1.91. The Bertz CT molecular complexity index is 217. The van der Waals surface area contributed by atoms with Crippen molar-refractivity contribution in [2.45, 2.75) is 6.92 Å². The van der Waals surface area contributed by atoms with Gasteiger partial charge in [0.05, 0.1) is 0 Å². The van der Waals surface area contributed by atoms with Gasteiger partial charge in [-0.25, -0.2) is 4.98 Å². The normalized spacial score (nSPS) is 10.9. The van der Waals surface area contributed by atoms with Gasteiger partial charge < -0.3 is 0 Å². The van der Waals surface area contributed by atoms with Crippen molar-refractivity contribution in [1.29, 1.82) is 0 Å². The van der Waals surface area contributed by atoms with E-state index in [1.165, 1.54) is 11.3 Å². The minimum atomic E-state index is 0.600. The molecular weight excluding hydrogens is 154 g/mol. The highest BCUT2D eigenvalue weighted by Crippen LogP contribution is 2.18. The molecule has 0 spiro atoms. The molecule has 9 heavy (non-hydrogen) atoms. The minimum Gasteiger partial charge on any atom is -0.233 e. The summed E-state index contributed by atoms with van der Waals surface area (Å²) in [6.45, 7) is 1.97. The van der Waals surface area contributed by atoms with E-state index < -0.39 is 0 Å². The number of halogens is 1. The van der Waals surface area contributed by atoms with Crippen LogP contribution in [0.4, 0.5) is 0 Å². The summed E-state index contributed by atoms with van der Waals surface area (Å²) in [6.07, 6.45) is 5.69. The van der Waals surface area contributed by atoms with E-state index in [9.17, 15) is 0 Å². The summed E-state index contributed by atoms with van der Waals surface area (Å²) in [7, 11) is 0. The maximum Gasteiger partial charge on any atom is 0.184 e. The van der Waals surface area contributed by atoms with Crippen LogP contribution in [0.3, 0.4) is 0 Å². The Labute approximate surface area is 63.0 Å². The first-order valence-corrected chi connectivity index (χ1v) is 3.76. The lowest BCUT2D eigenvalue weighted by Gasteiger charge is -1.74. The van der Waals surface area contributed by atoms with Crippen LogP contribution in [0.1, 0.15) is 11.8 Å². The molecule has 0 aromatic carbocycles. The summed E-state index contributed by atoms with van der Waals surface area (Å²) in [5, 5.41) is 0. The molecule has 0 unspecified atom stereocenters. The molecule has 0 fully saturated rings. The van der Waals surface area contributed by atoms with Gasteiger partial charge in [0.1, 0.15) is 0 Å². The van der Waals surface area contributed by atoms with Crippen LogP contribution in [0.15, 0.2) is 12.3 Å². The second kappa shape index (κ2) is 2.99. The molecular formula is C6H6ClNS. The molecule has 0 amide bonds. The molecule has 0 aliphatic heterocycles. The molecule has 0 N–H and O–H groups in total. The highest BCUT2D eigenvalue weighted by atomic mass is 35.5. The second-order valence-electron chi connectivity index (χ2n) is 1.52. The van der Waals surface area contributed by atoms with Gasteiger partial charge in [-0.1, -0.05) is 17.7 Å². The van der Waals surface area contributed by atoms with E-state index in [1.54, 1.807) is 6.20 Å². The van der Waals surface area contributed by atoms with Crippen molar-refractivity contribution in [3.05, 3.63) is 21.6 Å². The molecule has 48 valence electrons. The van der Waals surface area contributed by atoms with Crippen LogP contribution in [0, 0.1) is 0 Å². The monoisotopic (exact) mass is 159 g/mol. The number of hydrogen-bond acceptors (Lipinski definition) is 2. The van der Waals surface area contributed by atoms with E-state index in [2.05, 4.69) is 4.98 Å². The van der Waals surface area contributed by atoms with E-state index in [0.717, 1.165) is 4.88 Å². The van der Waals surface area contributed by atoms with Gasteiger partial charge >= 0.3 is 0 Å². The zero-order valence-electron chi connectivity index (χ0n) is 4.97. The summed E-state index contributed by atoms with van der Waals surface area (Å²) in [6, 6.07) is 0. The summed E-state index contributed by atoms with van der Waals surface area (Å²) >= 11 is 7.05. The lowest BCUT2D eigenvalue weighted by atomic mass is 10.5. The predicted molar refractivity (Wildman–Crippen MR) is 41.8 cm³/mol. The zero-order valence-corrected chi connectivity index (χ0v) is 6.54. The molecule has 0 radical (unpaired) electrons. The molecule has 0 bridgehead atoms. The molecule has 1 nitrogen and oxygen atoms in total. The van der Waals surface area contributed by atoms with Crippen LogP contribution in [0.5, 0.6) is 0 Å². The predicted octanol–water partition coefficient (Wildman–Crippen LogP) is 2.83. The van der Waals surface area contributed by atoms with Gasteiger partial charge in [-0.15, -0.1) is 11.3 Å². The van der Waals surface area contributed by atoms with Crippen molar-refractivity contribution in [2.24, 2.45) is 0 Å². The third-order valence-electron chi connectivity index (χ3n) is 0.826. The standard InChI is InChI=1S/C6H6ClNS/c1-2-3-5-4-8-6(7)9-5/h2-4H,1H3/b3-2+. The van der Waals surface area contributed by atoms with Crippen LogP contribution in [-0.2, 0) is 0 Å². The van der Waals surface area contributed by atoms with Gasteiger partial charge in [0.15, 0.2) is 4.47 Å². The first kappa shape index (κ1) is 6.78. The largest absolute Gasteiger partial charge is 0.233 e. The maximum atomic E-state index is 5.57. The summed E-state index contributed by atoms with van der Waals surface area (Å²) < 4.78 is 0.600. The summed E-state index contributed by atoms with van der Waals surface area (Å²) in [5.41, 5.74) is 0. The Balaban J connectivity index is 2.85. The Morgan fingerprint density at radius 2 is 2.56 bits per heavy atom. The molecule has 0 aliphatic rings. The van der Waals surface area contributed by atoms with Crippen LogP contribution < -0.4 is 0 Å². The van der Waals surface area contributed by atoms with Crippen molar-refractivity contribution in [3.63, 3.8) is 0 Å². The lowest BCUT2D eigenvalue weighted by Crippen LogP contribution is -1.53. The molecule has 1 heterocycles. The quantitative estimate of drug-likeness (QED) is 0.614. The van der Waals surface area contributed by atoms with Crippen LogP contribution in [-0.4, -0.2) is 4.98 Å². The maximum absolute atomic E-state index is 5.57. The van der Waals surface area contributed by atoms with E-state index in [-0.39, 0.29) is 0 Å². The van der Waals surface area contributed by atoms with Crippen molar-refractivity contribution in [3.8, 4) is 0 Å². The van der Waals surface area contributed by atoms with Gasteiger partial charge in [0, 0.05) is 11.1 Å². The number of hydrogen-bond donors (Lipinski definition) is 0. The van der Waals surface area contributed by atoms with Crippen LogP contribution >= 0.6 is 22.9 Å². The first-order chi connectivity index (χ1) is 4.33. The molecule has 1 aromatic rings. The van der Waals surface area contributed by atoms with Crippen LogP contribution in [0.2, 0.25) is 4.47 Å². The Morgan fingerprint density at radius 3 is 3.00 bits per heavy atom. The number of allylic oxidation sites excluding steroid dienone is 1. The first-order valence-electron chi connectivity index (χ1n) is 2.57. The zero-order chi connectivity index (χ0) is 6.69. The lowest BCUT2D eigenvalue weighted by molar-refractivity contribution is 1.42. The van der Waals surface area contributed by atoms with Gasteiger partial charge in [-0.2, -0.15) is 0 Å². The average Bonchev–Trinajstić information content (AvgIpc) is 2.17. The van der Waals surface area contributed by atoms with Crippen molar-refractivity contribution >= 4 is 29.0 Å². The van der Waals surface area contributed by atoms with E-state index in [1.807, 2.05) is 19.1 Å². The Hall–Kier alpha value is -0.340. The molecule has 0 aliphatic carbocycles. The molecule has 0 saturated carbocycles. The van der Waals surface area contributed by atoms with Gasteiger partial charge in [-0.05, 0) is 13.0 Å². The smallest absolute Gasteiger partial charge is 0.184 e. The Morgan fingerprint density at radius 1 is 1.78 bits per heavy atom. The number of thiazole rings is 1. The molecule has 0 saturated heterocycles. The summed E-state index contributed by atoms with van der Waals surface area (Å²) in [5.74, 6) is 0. The van der Waals surface area contributed by atoms with Crippen LogP contribution in [0.25, 0.3) is 6.08 Å². The Kier molecular flexibility index (Phi) is 2.25. The minimum absolute atomic E-state index is 0.600. The fourth-order valence-electron chi connectivity index (χ4n) is 0.506. The molecule has 0 atom stereocenters. The topological polar surface area (TPSA) is 12.9 Å². The molecule has 1 aromatic heterocycles. The average molecular weight is 160 g/mol. The van der Waals surface area contributed by atoms with Gasteiger partial charge in [0.2, 0.25) is 0 Å². The van der Waals surface area contributed by atoms with E-state index in [4.69, 9.17) is 11.6 Å². The fourth-order valence-corrected chi connectivity index (χ4v) is 1.43. The second-order valence-corrected chi connectivity index (χ2v) is 3.16. The number of nitrogens with zero attached hydrogens (tertiary/aromatic N) is 1. The van der Waals surface area contributed by atoms with E-state index in [0.29, 0.717) is 4.47 Å². The SMILES string of the molecule is C/C=C/c1cnc(Cl)s1. The third kappa shape index (κ3) is 1.80.